The van der Waals surface area contributed by atoms with Gasteiger partial charge in [0.15, 0.2) is 0 Å². The summed E-state index contributed by atoms with van der Waals surface area (Å²) in [5.41, 5.74) is 6.15. The minimum atomic E-state index is -4.31. The van der Waals surface area contributed by atoms with E-state index in [-0.39, 0.29) is 5.56 Å². The zero-order valence-corrected chi connectivity index (χ0v) is 8.38. The number of hydrogen-bond donors (Lipinski definition) is 2. The summed E-state index contributed by atoms with van der Waals surface area (Å²) in [5, 5.41) is 0.579. The number of aromatic nitrogens is 1. The van der Waals surface area contributed by atoms with Crippen LogP contribution in [0.25, 0.3) is 10.9 Å². The third-order valence-electron chi connectivity index (χ3n) is 2.63. The van der Waals surface area contributed by atoms with Gasteiger partial charge in [0.25, 0.3) is 0 Å². The van der Waals surface area contributed by atoms with E-state index in [1.807, 2.05) is 0 Å². The molecule has 3 N–H and O–H groups in total. The Labute approximate surface area is 90.3 Å². The molecule has 0 spiro atoms. The molecule has 1 aromatic heterocycles. The summed E-state index contributed by atoms with van der Waals surface area (Å²) in [6.07, 6.45) is -2.68. The molecular weight excluding hydrogens is 217 g/mol. The van der Waals surface area contributed by atoms with Crippen LogP contribution in [0.4, 0.5) is 13.2 Å². The molecule has 0 bridgehead atoms. The lowest BCUT2D eigenvalue weighted by atomic mass is 9.95. The van der Waals surface area contributed by atoms with Gasteiger partial charge in [-0.25, -0.2) is 0 Å². The number of aromatic amines is 1. The Balaban J connectivity index is 2.57. The normalized spacial score (nSPS) is 14.2. The predicted octanol–water partition coefficient (Wildman–Crippen LogP) is 2.77. The molecule has 1 atom stereocenters. The zero-order chi connectivity index (χ0) is 11.8. The maximum Gasteiger partial charge on any atom is 0.396 e. The third-order valence-corrected chi connectivity index (χ3v) is 2.63. The molecular formula is C11H11F3N2. The second-order valence-electron chi connectivity index (χ2n) is 3.62. The van der Waals surface area contributed by atoms with Crippen LogP contribution in [0.2, 0.25) is 0 Å². The highest BCUT2D eigenvalue weighted by atomic mass is 19.4. The molecule has 2 nitrogen and oxygen atoms in total. The quantitative estimate of drug-likeness (QED) is 0.815. The standard InChI is InChI=1S/C11H11F3N2/c12-11(13,14)9(6-15)7-2-1-3-10-8(7)4-5-16-10/h1-5,9,16H,6,15H2. The molecule has 1 unspecified atom stereocenters. The van der Waals surface area contributed by atoms with Gasteiger partial charge in [-0.15, -0.1) is 0 Å². The molecule has 2 aromatic rings. The molecule has 0 aliphatic heterocycles. The fraction of sp³-hybridized carbons (Fsp3) is 0.273. The van der Waals surface area contributed by atoms with Gasteiger partial charge in [0.1, 0.15) is 0 Å². The van der Waals surface area contributed by atoms with Crippen molar-refractivity contribution in [3.05, 3.63) is 36.0 Å². The molecule has 1 heterocycles. The first kappa shape index (κ1) is 11.0. The number of H-pyrrole nitrogens is 1. The van der Waals surface area contributed by atoms with Gasteiger partial charge in [-0.2, -0.15) is 13.2 Å². The maximum absolute atomic E-state index is 12.8. The van der Waals surface area contributed by atoms with Crippen LogP contribution in [0.1, 0.15) is 11.5 Å². The van der Waals surface area contributed by atoms with Crippen LogP contribution in [0.3, 0.4) is 0 Å². The van der Waals surface area contributed by atoms with E-state index in [4.69, 9.17) is 5.73 Å². The van der Waals surface area contributed by atoms with Gasteiger partial charge in [-0.1, -0.05) is 12.1 Å². The van der Waals surface area contributed by atoms with E-state index >= 15 is 0 Å². The second-order valence-corrected chi connectivity index (χ2v) is 3.62. The largest absolute Gasteiger partial charge is 0.396 e. The van der Waals surface area contributed by atoms with Gasteiger partial charge < -0.3 is 10.7 Å². The summed E-state index contributed by atoms with van der Waals surface area (Å²) in [6.45, 7) is -0.437. The van der Waals surface area contributed by atoms with E-state index in [2.05, 4.69) is 4.98 Å². The van der Waals surface area contributed by atoms with E-state index in [1.165, 1.54) is 6.07 Å². The van der Waals surface area contributed by atoms with Crippen molar-refractivity contribution in [1.29, 1.82) is 0 Å². The van der Waals surface area contributed by atoms with E-state index in [0.29, 0.717) is 10.9 Å². The number of benzene rings is 1. The first-order valence-corrected chi connectivity index (χ1v) is 4.87. The highest BCUT2D eigenvalue weighted by Gasteiger charge is 2.40. The first-order valence-electron chi connectivity index (χ1n) is 4.87. The second kappa shape index (κ2) is 3.83. The zero-order valence-electron chi connectivity index (χ0n) is 8.38. The molecule has 2 rings (SSSR count). The van der Waals surface area contributed by atoms with Crippen molar-refractivity contribution in [3.63, 3.8) is 0 Å². The number of nitrogens with two attached hydrogens (primary N) is 1. The summed E-state index contributed by atoms with van der Waals surface area (Å²) in [4.78, 5) is 2.88. The molecule has 0 aliphatic rings. The molecule has 0 saturated heterocycles. The Morgan fingerprint density at radius 2 is 2.00 bits per heavy atom. The Hall–Kier alpha value is -1.49. The number of hydrogen-bond acceptors (Lipinski definition) is 1. The van der Waals surface area contributed by atoms with E-state index < -0.39 is 18.6 Å². The fourth-order valence-corrected chi connectivity index (χ4v) is 1.85. The average Bonchev–Trinajstić information content (AvgIpc) is 2.65. The summed E-state index contributed by atoms with van der Waals surface area (Å²) in [5.74, 6) is -1.60. The van der Waals surface area contributed by atoms with Gasteiger partial charge in [0.2, 0.25) is 0 Å². The number of nitrogens with one attached hydrogen (secondary N) is 1. The molecule has 0 saturated carbocycles. The fourth-order valence-electron chi connectivity index (χ4n) is 1.85. The van der Waals surface area contributed by atoms with E-state index in [1.54, 1.807) is 24.4 Å². The number of rotatable bonds is 2. The van der Waals surface area contributed by atoms with Crippen molar-refractivity contribution >= 4 is 10.9 Å². The Bertz CT molecular complexity index is 487. The Kier molecular flexibility index (Phi) is 2.63. The SMILES string of the molecule is NCC(c1cccc2[nH]ccc12)C(F)(F)F. The average molecular weight is 228 g/mol. The number of halogens is 3. The number of alkyl halides is 3. The number of fused-ring (bicyclic) bond motifs is 1. The lowest BCUT2D eigenvalue weighted by Crippen LogP contribution is -2.28. The lowest BCUT2D eigenvalue weighted by Gasteiger charge is -2.19. The van der Waals surface area contributed by atoms with Crippen LogP contribution >= 0.6 is 0 Å². The van der Waals surface area contributed by atoms with Crippen molar-refractivity contribution in [2.75, 3.05) is 6.54 Å². The summed E-state index contributed by atoms with van der Waals surface area (Å²) in [7, 11) is 0. The van der Waals surface area contributed by atoms with Gasteiger partial charge >= 0.3 is 6.18 Å². The first-order chi connectivity index (χ1) is 7.54. The highest BCUT2D eigenvalue weighted by Crippen LogP contribution is 2.36. The van der Waals surface area contributed by atoms with E-state index in [9.17, 15) is 13.2 Å². The maximum atomic E-state index is 12.8. The molecule has 0 aliphatic carbocycles. The molecule has 0 radical (unpaired) electrons. The van der Waals surface area contributed by atoms with Crippen molar-refractivity contribution in [1.82, 2.24) is 4.98 Å². The van der Waals surface area contributed by atoms with Crippen molar-refractivity contribution in [2.45, 2.75) is 12.1 Å². The summed E-state index contributed by atoms with van der Waals surface area (Å²) in [6, 6.07) is 6.45. The van der Waals surface area contributed by atoms with Gasteiger partial charge in [-0.3, -0.25) is 0 Å². The van der Waals surface area contributed by atoms with Crippen LogP contribution in [-0.4, -0.2) is 17.7 Å². The Morgan fingerprint density at radius 1 is 1.25 bits per heavy atom. The third kappa shape index (κ3) is 1.78. The Morgan fingerprint density at radius 3 is 2.62 bits per heavy atom. The molecule has 0 amide bonds. The predicted molar refractivity (Wildman–Crippen MR) is 56.1 cm³/mol. The lowest BCUT2D eigenvalue weighted by molar-refractivity contribution is -0.147. The van der Waals surface area contributed by atoms with Gasteiger partial charge in [0.05, 0.1) is 5.92 Å². The molecule has 1 aromatic carbocycles. The molecule has 0 fully saturated rings. The van der Waals surface area contributed by atoms with Crippen molar-refractivity contribution < 1.29 is 13.2 Å². The van der Waals surface area contributed by atoms with E-state index in [0.717, 1.165) is 0 Å². The smallest absolute Gasteiger partial charge is 0.361 e. The summed E-state index contributed by atoms with van der Waals surface area (Å²) < 4.78 is 38.3. The van der Waals surface area contributed by atoms with Crippen molar-refractivity contribution in [3.8, 4) is 0 Å². The molecule has 5 heteroatoms. The minimum Gasteiger partial charge on any atom is -0.361 e. The van der Waals surface area contributed by atoms with Crippen LogP contribution in [0.5, 0.6) is 0 Å². The summed E-state index contributed by atoms with van der Waals surface area (Å²) >= 11 is 0. The minimum absolute atomic E-state index is 0.230. The van der Waals surface area contributed by atoms with Crippen molar-refractivity contribution in [2.24, 2.45) is 5.73 Å². The monoisotopic (exact) mass is 228 g/mol. The topological polar surface area (TPSA) is 41.8 Å². The highest BCUT2D eigenvalue weighted by molar-refractivity contribution is 5.83. The van der Waals surface area contributed by atoms with Crippen LogP contribution < -0.4 is 5.73 Å². The van der Waals surface area contributed by atoms with Gasteiger partial charge in [-0.05, 0) is 17.7 Å². The van der Waals surface area contributed by atoms with Gasteiger partial charge in [0, 0.05) is 23.6 Å². The van der Waals surface area contributed by atoms with Crippen LogP contribution in [0.15, 0.2) is 30.5 Å². The van der Waals surface area contributed by atoms with Crippen LogP contribution in [0, 0.1) is 0 Å². The molecule has 86 valence electrons. The molecule has 16 heavy (non-hydrogen) atoms. The van der Waals surface area contributed by atoms with Crippen LogP contribution in [-0.2, 0) is 0 Å².